The van der Waals surface area contributed by atoms with E-state index in [2.05, 4.69) is 40.2 Å². The number of benzene rings is 1. The average molecular weight is 285 g/mol. The van der Waals surface area contributed by atoms with Crippen molar-refractivity contribution in [3.8, 4) is 0 Å². The van der Waals surface area contributed by atoms with Crippen LogP contribution in [0.15, 0.2) is 28.1 Å². The van der Waals surface area contributed by atoms with Gasteiger partial charge in [-0.2, -0.15) is 0 Å². The van der Waals surface area contributed by atoms with Gasteiger partial charge in [0.15, 0.2) is 6.29 Å². The minimum absolute atomic E-state index is 0.173. The lowest BCUT2D eigenvalue weighted by Crippen LogP contribution is -1.96. The van der Waals surface area contributed by atoms with Crippen LogP contribution in [-0.2, 0) is 9.47 Å². The molecule has 0 saturated carbocycles. The molecule has 1 fully saturated rings. The second-order valence-corrected chi connectivity index (χ2v) is 5.88. The summed E-state index contributed by atoms with van der Waals surface area (Å²) < 4.78 is 13.4. The largest absolute Gasteiger partial charge is 0.346 e. The number of fused-ring (bicyclic) bond motifs is 1. The van der Waals surface area contributed by atoms with E-state index in [9.17, 15) is 0 Å². The minimum atomic E-state index is -0.173. The molecule has 0 unspecified atom stereocenters. The number of hydrogen-bond donors (Lipinski definition) is 0. The fraction of sp³-hybridized carbons (Fsp3) is 0.273. The van der Waals surface area contributed by atoms with E-state index in [-0.39, 0.29) is 6.29 Å². The van der Waals surface area contributed by atoms with Crippen molar-refractivity contribution in [3.05, 3.63) is 33.6 Å². The van der Waals surface area contributed by atoms with E-state index in [0.29, 0.717) is 13.2 Å². The van der Waals surface area contributed by atoms with Crippen LogP contribution in [0.1, 0.15) is 11.9 Å². The van der Waals surface area contributed by atoms with Crippen LogP contribution in [0.5, 0.6) is 0 Å². The molecule has 0 N–H and O–H groups in total. The Morgan fingerprint density at radius 2 is 2.00 bits per heavy atom. The molecule has 2 nitrogen and oxygen atoms in total. The third-order valence-electron chi connectivity index (χ3n) is 2.40. The monoisotopic (exact) mass is 284 g/mol. The smallest absolute Gasteiger partial charge is 0.184 e. The molecular weight excluding hydrogens is 276 g/mol. The van der Waals surface area contributed by atoms with E-state index in [1.807, 2.05) is 0 Å². The summed E-state index contributed by atoms with van der Waals surface area (Å²) in [7, 11) is 0. The van der Waals surface area contributed by atoms with Gasteiger partial charge >= 0.3 is 0 Å². The van der Waals surface area contributed by atoms with Crippen molar-refractivity contribution in [1.82, 2.24) is 0 Å². The lowest BCUT2D eigenvalue weighted by atomic mass is 10.1. The first-order valence-electron chi connectivity index (χ1n) is 4.75. The molecule has 1 saturated heterocycles. The Hall–Kier alpha value is -0.420. The van der Waals surface area contributed by atoms with E-state index in [0.717, 1.165) is 9.35 Å². The Morgan fingerprint density at radius 1 is 1.20 bits per heavy atom. The van der Waals surface area contributed by atoms with Crippen LogP contribution in [0.3, 0.4) is 0 Å². The Balaban J connectivity index is 2.04. The summed E-state index contributed by atoms with van der Waals surface area (Å²) in [5.74, 6) is 0. The molecular formula is C11H9BrO2S. The first-order chi connectivity index (χ1) is 7.33. The highest BCUT2D eigenvalue weighted by Crippen LogP contribution is 2.33. The SMILES string of the molecule is Brc1cc2cc(C3OCCO3)ccc2s1. The van der Waals surface area contributed by atoms with Crippen molar-refractivity contribution in [2.24, 2.45) is 0 Å². The van der Waals surface area contributed by atoms with Crippen molar-refractivity contribution in [3.63, 3.8) is 0 Å². The van der Waals surface area contributed by atoms with Gasteiger partial charge in [0.2, 0.25) is 0 Å². The van der Waals surface area contributed by atoms with Gasteiger partial charge in [0.25, 0.3) is 0 Å². The number of hydrogen-bond acceptors (Lipinski definition) is 3. The third-order valence-corrected chi connectivity index (χ3v) is 4.02. The molecule has 0 amide bonds. The molecule has 3 rings (SSSR count). The molecule has 0 bridgehead atoms. The molecule has 1 aliphatic heterocycles. The van der Waals surface area contributed by atoms with Crippen LogP contribution in [0.2, 0.25) is 0 Å². The highest BCUT2D eigenvalue weighted by atomic mass is 79.9. The molecule has 2 aromatic rings. The first-order valence-corrected chi connectivity index (χ1v) is 6.36. The molecule has 0 atom stereocenters. The van der Waals surface area contributed by atoms with E-state index in [4.69, 9.17) is 9.47 Å². The summed E-state index contributed by atoms with van der Waals surface area (Å²) in [6.45, 7) is 1.38. The van der Waals surface area contributed by atoms with Crippen molar-refractivity contribution < 1.29 is 9.47 Å². The Morgan fingerprint density at radius 3 is 2.80 bits per heavy atom. The number of thiophene rings is 1. The van der Waals surface area contributed by atoms with Gasteiger partial charge in [-0.05, 0) is 39.5 Å². The Bertz CT molecular complexity index is 488. The number of rotatable bonds is 1. The molecule has 0 aliphatic carbocycles. The van der Waals surface area contributed by atoms with Gasteiger partial charge in [0.05, 0.1) is 17.0 Å². The molecule has 0 radical (unpaired) electrons. The molecule has 2 heterocycles. The second kappa shape index (κ2) is 3.87. The molecule has 15 heavy (non-hydrogen) atoms. The van der Waals surface area contributed by atoms with Crippen molar-refractivity contribution in [1.29, 1.82) is 0 Å². The summed E-state index contributed by atoms with van der Waals surface area (Å²) in [4.78, 5) is 0. The van der Waals surface area contributed by atoms with Crippen LogP contribution in [0.4, 0.5) is 0 Å². The fourth-order valence-electron chi connectivity index (χ4n) is 1.73. The fourth-order valence-corrected chi connectivity index (χ4v) is 3.26. The zero-order valence-corrected chi connectivity index (χ0v) is 10.3. The van der Waals surface area contributed by atoms with E-state index >= 15 is 0 Å². The second-order valence-electron chi connectivity index (χ2n) is 3.42. The van der Waals surface area contributed by atoms with Crippen LogP contribution in [0, 0.1) is 0 Å². The van der Waals surface area contributed by atoms with Gasteiger partial charge in [-0.1, -0.05) is 6.07 Å². The van der Waals surface area contributed by atoms with Crippen molar-refractivity contribution >= 4 is 37.4 Å². The number of ether oxygens (including phenoxy) is 2. The van der Waals surface area contributed by atoms with Crippen molar-refractivity contribution in [2.75, 3.05) is 13.2 Å². The van der Waals surface area contributed by atoms with E-state index < -0.39 is 0 Å². The summed E-state index contributed by atoms with van der Waals surface area (Å²) in [6, 6.07) is 8.44. The van der Waals surface area contributed by atoms with Crippen LogP contribution in [0.25, 0.3) is 10.1 Å². The van der Waals surface area contributed by atoms with Crippen LogP contribution in [-0.4, -0.2) is 13.2 Å². The normalized spacial score (nSPS) is 17.7. The summed E-state index contributed by atoms with van der Waals surface area (Å²) in [5, 5.41) is 1.24. The highest BCUT2D eigenvalue weighted by molar-refractivity contribution is 9.11. The maximum absolute atomic E-state index is 5.46. The highest BCUT2D eigenvalue weighted by Gasteiger charge is 2.18. The van der Waals surface area contributed by atoms with Gasteiger partial charge in [-0.15, -0.1) is 11.3 Å². The molecule has 4 heteroatoms. The lowest BCUT2D eigenvalue weighted by Gasteiger charge is -2.08. The first kappa shape index (κ1) is 9.78. The zero-order chi connectivity index (χ0) is 10.3. The molecule has 1 aromatic carbocycles. The maximum atomic E-state index is 5.46. The molecule has 1 aromatic heterocycles. The van der Waals surface area contributed by atoms with Gasteiger partial charge < -0.3 is 9.47 Å². The van der Waals surface area contributed by atoms with Gasteiger partial charge in [0, 0.05) is 10.3 Å². The minimum Gasteiger partial charge on any atom is -0.346 e. The summed E-state index contributed by atoms with van der Waals surface area (Å²) in [6.07, 6.45) is -0.173. The predicted molar refractivity (Wildman–Crippen MR) is 64.2 cm³/mol. The van der Waals surface area contributed by atoms with Gasteiger partial charge in [-0.3, -0.25) is 0 Å². The van der Waals surface area contributed by atoms with E-state index in [1.54, 1.807) is 11.3 Å². The quantitative estimate of drug-likeness (QED) is 0.795. The molecule has 78 valence electrons. The van der Waals surface area contributed by atoms with Crippen molar-refractivity contribution in [2.45, 2.75) is 6.29 Å². The molecule has 1 aliphatic rings. The van der Waals surface area contributed by atoms with Gasteiger partial charge in [-0.25, -0.2) is 0 Å². The third kappa shape index (κ3) is 1.83. The van der Waals surface area contributed by atoms with Gasteiger partial charge in [0.1, 0.15) is 0 Å². The topological polar surface area (TPSA) is 18.5 Å². The number of halogens is 1. The predicted octanol–water partition coefficient (Wildman–Crippen LogP) is 3.71. The zero-order valence-electron chi connectivity index (χ0n) is 7.90. The lowest BCUT2D eigenvalue weighted by molar-refractivity contribution is -0.0440. The van der Waals surface area contributed by atoms with Crippen LogP contribution >= 0.6 is 27.3 Å². The Labute approximate surface area is 99.9 Å². The van der Waals surface area contributed by atoms with E-state index in [1.165, 1.54) is 10.1 Å². The average Bonchev–Trinajstić information content (AvgIpc) is 2.82. The summed E-state index contributed by atoms with van der Waals surface area (Å²) >= 11 is 5.23. The standard InChI is InChI=1S/C11H9BrO2S/c12-10-6-8-5-7(1-2-9(8)15-10)11-13-3-4-14-11/h1-2,5-6,11H,3-4H2. The molecule has 0 spiro atoms. The maximum Gasteiger partial charge on any atom is 0.184 e. The Kier molecular flexibility index (Phi) is 2.52. The summed E-state index contributed by atoms with van der Waals surface area (Å²) in [5.41, 5.74) is 1.10. The van der Waals surface area contributed by atoms with Crippen LogP contribution < -0.4 is 0 Å².